The van der Waals surface area contributed by atoms with E-state index in [1.54, 1.807) is 13.0 Å². The lowest BCUT2D eigenvalue weighted by atomic mass is 10.2. The van der Waals surface area contributed by atoms with Gasteiger partial charge in [0.1, 0.15) is 10.8 Å². The number of anilines is 2. The molecule has 0 saturated carbocycles. The fraction of sp³-hybridized carbons (Fsp3) is 0.200. The maximum absolute atomic E-state index is 14.0. The Morgan fingerprint density at radius 1 is 1.46 bits per heavy atom. The largest absolute Gasteiger partial charge is 0.351 e. The van der Waals surface area contributed by atoms with E-state index in [0.717, 1.165) is 4.57 Å². The van der Waals surface area contributed by atoms with Crippen molar-refractivity contribution in [1.82, 2.24) is 10.0 Å². The van der Waals surface area contributed by atoms with E-state index in [2.05, 4.69) is 26.7 Å². The van der Waals surface area contributed by atoms with E-state index in [1.807, 2.05) is 0 Å². The van der Waals surface area contributed by atoms with E-state index >= 15 is 0 Å². The summed E-state index contributed by atoms with van der Waals surface area (Å²) >= 11 is 9.22. The molecule has 1 amide bonds. The van der Waals surface area contributed by atoms with Gasteiger partial charge in [-0.3, -0.25) is 14.4 Å². The molecule has 2 N–H and O–H groups in total. The Morgan fingerprint density at radius 2 is 2.17 bits per heavy atom. The van der Waals surface area contributed by atoms with Gasteiger partial charge in [-0.05, 0) is 25.1 Å². The van der Waals surface area contributed by atoms with Crippen molar-refractivity contribution >= 4 is 44.8 Å². The minimum atomic E-state index is -0.616. The zero-order chi connectivity index (χ0) is 17.9. The molecule has 0 bridgehead atoms. The molecule has 0 aliphatic rings. The first-order valence-electron chi connectivity index (χ1n) is 6.88. The Bertz CT molecular complexity index is 841. The van der Waals surface area contributed by atoms with E-state index in [4.69, 9.17) is 16.4 Å². The predicted molar refractivity (Wildman–Crippen MR) is 93.2 cm³/mol. The van der Waals surface area contributed by atoms with Gasteiger partial charge in [0.25, 0.3) is 11.5 Å². The molecule has 0 atom stereocenters. The van der Waals surface area contributed by atoms with E-state index in [9.17, 15) is 14.0 Å². The average Bonchev–Trinajstić information content (AvgIpc) is 2.54. The first-order chi connectivity index (χ1) is 11.3. The van der Waals surface area contributed by atoms with Crippen molar-refractivity contribution in [3.8, 4) is 0 Å². The van der Waals surface area contributed by atoms with Crippen LogP contribution in [0.5, 0.6) is 0 Å². The maximum atomic E-state index is 14.0. The van der Waals surface area contributed by atoms with Gasteiger partial charge in [-0.1, -0.05) is 27.5 Å². The van der Waals surface area contributed by atoms with Crippen LogP contribution in [0, 0.1) is 5.82 Å². The van der Waals surface area contributed by atoms with Gasteiger partial charge in [0.15, 0.2) is 0 Å². The molecule has 2 aromatic rings. The monoisotopic (exact) mass is 417 g/mol. The van der Waals surface area contributed by atoms with Gasteiger partial charge in [0, 0.05) is 17.7 Å². The smallest absolute Gasteiger partial charge is 0.278 e. The Labute approximate surface area is 150 Å². The Balaban J connectivity index is 2.52. The number of halogens is 3. The molecule has 0 spiro atoms. The number of carbonyl (C=O) groups is 1. The standard InChI is InChI=1S/C15H14BrClFN3O3/c1-3-24-20-14(22)9-7-21(2)15(23)12(17)13(9)19-11-5-4-8(16)6-10(11)18/h4-7,19H,3H2,1-2H3,(H,20,22). The van der Waals surface area contributed by atoms with Gasteiger partial charge in [-0.25, -0.2) is 9.87 Å². The number of amides is 1. The highest BCUT2D eigenvalue weighted by Crippen LogP contribution is 2.29. The lowest BCUT2D eigenvalue weighted by Crippen LogP contribution is -2.28. The van der Waals surface area contributed by atoms with Gasteiger partial charge < -0.3 is 9.88 Å². The number of aryl methyl sites for hydroxylation is 1. The van der Waals surface area contributed by atoms with Crippen molar-refractivity contribution in [2.45, 2.75) is 6.92 Å². The molecule has 0 radical (unpaired) electrons. The van der Waals surface area contributed by atoms with Crippen molar-refractivity contribution in [3.63, 3.8) is 0 Å². The summed E-state index contributed by atoms with van der Waals surface area (Å²) in [6, 6.07) is 4.31. The number of hydroxylamine groups is 1. The molecule has 24 heavy (non-hydrogen) atoms. The molecule has 0 saturated heterocycles. The van der Waals surface area contributed by atoms with Crippen molar-refractivity contribution < 1.29 is 14.0 Å². The molecular formula is C15H14BrClFN3O3. The van der Waals surface area contributed by atoms with Gasteiger partial charge in [-0.2, -0.15) is 0 Å². The lowest BCUT2D eigenvalue weighted by molar-refractivity contribution is 0.0364. The number of pyridine rings is 1. The zero-order valence-corrected chi connectivity index (χ0v) is 15.2. The first-order valence-corrected chi connectivity index (χ1v) is 8.05. The van der Waals surface area contributed by atoms with Crippen LogP contribution in [-0.4, -0.2) is 17.1 Å². The third kappa shape index (κ3) is 3.95. The summed E-state index contributed by atoms with van der Waals surface area (Å²) in [5, 5.41) is 2.47. The average molecular weight is 419 g/mol. The number of nitrogens with zero attached hydrogens (tertiary/aromatic N) is 1. The van der Waals surface area contributed by atoms with Crippen LogP contribution < -0.4 is 16.4 Å². The van der Waals surface area contributed by atoms with Gasteiger partial charge >= 0.3 is 0 Å². The molecule has 0 unspecified atom stereocenters. The van der Waals surface area contributed by atoms with Crippen LogP contribution in [0.1, 0.15) is 17.3 Å². The summed E-state index contributed by atoms with van der Waals surface area (Å²) in [5.41, 5.74) is 1.80. The van der Waals surface area contributed by atoms with Crippen LogP contribution in [0.4, 0.5) is 15.8 Å². The summed E-state index contributed by atoms with van der Waals surface area (Å²) in [6.07, 6.45) is 1.29. The molecule has 9 heteroatoms. The summed E-state index contributed by atoms with van der Waals surface area (Å²) in [5.74, 6) is -1.19. The highest BCUT2D eigenvalue weighted by atomic mass is 79.9. The number of benzene rings is 1. The summed E-state index contributed by atoms with van der Waals surface area (Å²) in [6.45, 7) is 1.96. The molecule has 1 aromatic carbocycles. The van der Waals surface area contributed by atoms with E-state index < -0.39 is 17.3 Å². The van der Waals surface area contributed by atoms with Crippen LogP contribution in [-0.2, 0) is 11.9 Å². The molecule has 128 valence electrons. The number of carbonyl (C=O) groups excluding carboxylic acids is 1. The van der Waals surface area contributed by atoms with Crippen molar-refractivity contribution in [2.24, 2.45) is 7.05 Å². The summed E-state index contributed by atoms with van der Waals surface area (Å²) < 4.78 is 15.7. The highest BCUT2D eigenvalue weighted by molar-refractivity contribution is 9.10. The fourth-order valence-electron chi connectivity index (χ4n) is 1.91. The second-order valence-electron chi connectivity index (χ2n) is 4.76. The number of hydrogen-bond donors (Lipinski definition) is 2. The van der Waals surface area contributed by atoms with Crippen molar-refractivity contribution in [2.75, 3.05) is 11.9 Å². The molecule has 1 heterocycles. The topological polar surface area (TPSA) is 72.4 Å². The van der Waals surface area contributed by atoms with Crippen molar-refractivity contribution in [3.05, 3.63) is 55.6 Å². The molecular weight excluding hydrogens is 405 g/mol. The van der Waals surface area contributed by atoms with Gasteiger partial charge in [-0.15, -0.1) is 0 Å². The molecule has 1 aromatic heterocycles. The van der Waals surface area contributed by atoms with E-state index in [-0.39, 0.29) is 28.6 Å². The molecule has 6 nitrogen and oxygen atoms in total. The van der Waals surface area contributed by atoms with Crippen LogP contribution in [0.15, 0.2) is 33.7 Å². The first kappa shape index (κ1) is 18.4. The molecule has 0 aliphatic carbocycles. The SMILES string of the molecule is CCONC(=O)c1cn(C)c(=O)c(Cl)c1Nc1ccc(Br)cc1F. The quantitative estimate of drug-likeness (QED) is 0.730. The normalized spacial score (nSPS) is 10.5. The minimum Gasteiger partial charge on any atom is -0.351 e. The number of rotatable bonds is 5. The Hall–Kier alpha value is -1.90. The number of aromatic nitrogens is 1. The summed E-state index contributed by atoms with van der Waals surface area (Å²) in [4.78, 5) is 29.1. The molecule has 0 fully saturated rings. The van der Waals surface area contributed by atoms with Crippen LogP contribution in [0.25, 0.3) is 0 Å². The van der Waals surface area contributed by atoms with Crippen molar-refractivity contribution in [1.29, 1.82) is 0 Å². The number of nitrogens with one attached hydrogen (secondary N) is 2. The second kappa shape index (κ2) is 7.78. The van der Waals surface area contributed by atoms with Crippen LogP contribution in [0.2, 0.25) is 5.02 Å². The number of hydrogen-bond acceptors (Lipinski definition) is 4. The Kier molecular flexibility index (Phi) is 5.98. The van der Waals surface area contributed by atoms with Gasteiger partial charge in [0.2, 0.25) is 0 Å². The fourth-order valence-corrected chi connectivity index (χ4v) is 2.52. The second-order valence-corrected chi connectivity index (χ2v) is 6.05. The maximum Gasteiger partial charge on any atom is 0.278 e. The molecule has 0 aliphatic heterocycles. The Morgan fingerprint density at radius 3 is 2.79 bits per heavy atom. The van der Waals surface area contributed by atoms with E-state index in [0.29, 0.717) is 4.47 Å². The zero-order valence-electron chi connectivity index (χ0n) is 12.8. The van der Waals surface area contributed by atoms with Crippen LogP contribution in [0.3, 0.4) is 0 Å². The third-order valence-corrected chi connectivity index (χ3v) is 3.91. The van der Waals surface area contributed by atoms with E-state index in [1.165, 1.54) is 25.4 Å². The predicted octanol–water partition coefficient (Wildman–Crippen LogP) is 3.37. The summed E-state index contributed by atoms with van der Waals surface area (Å²) in [7, 11) is 1.45. The highest BCUT2D eigenvalue weighted by Gasteiger charge is 2.20. The van der Waals surface area contributed by atoms with Crippen LogP contribution >= 0.6 is 27.5 Å². The molecule has 2 rings (SSSR count). The lowest BCUT2D eigenvalue weighted by Gasteiger charge is -2.15. The van der Waals surface area contributed by atoms with Gasteiger partial charge in [0.05, 0.1) is 23.5 Å². The third-order valence-electron chi connectivity index (χ3n) is 3.06. The minimum absolute atomic E-state index is 0.00167.